The number of fused-ring (bicyclic) bond motifs is 3. The maximum atomic E-state index is 12.2. The topological polar surface area (TPSA) is 88.2 Å². The summed E-state index contributed by atoms with van der Waals surface area (Å²) in [5.41, 5.74) is 10.1. The molecule has 0 fully saturated rings. The Bertz CT molecular complexity index is 1050. The maximum absolute atomic E-state index is 12.2. The molecular weight excluding hydrogens is 322 g/mol. The molecule has 4 rings (SSSR count). The Morgan fingerprint density at radius 2 is 2.17 bits per heavy atom. The van der Waals surface area contributed by atoms with E-state index < -0.39 is 0 Å². The number of rotatable bonds is 5. The number of hydrogen-bond donors (Lipinski definition) is 3. The Morgan fingerprint density at radius 3 is 2.96 bits per heavy atom. The highest BCUT2D eigenvalue weighted by molar-refractivity contribution is 7.08. The Labute approximate surface area is 141 Å². The lowest BCUT2D eigenvalue weighted by molar-refractivity contribution is 0.697. The predicted octanol–water partition coefficient (Wildman–Crippen LogP) is 1.95. The fourth-order valence-electron chi connectivity index (χ4n) is 2.94. The number of nitrogens with two attached hydrogens (primary N) is 1. The van der Waals surface area contributed by atoms with Crippen molar-refractivity contribution in [3.63, 3.8) is 0 Å². The second kappa shape index (κ2) is 6.20. The van der Waals surface area contributed by atoms with Crippen molar-refractivity contribution in [1.29, 1.82) is 0 Å². The van der Waals surface area contributed by atoms with E-state index in [1.165, 1.54) is 0 Å². The fourth-order valence-corrected chi connectivity index (χ4v) is 3.61. The molecule has 3 aromatic heterocycles. The van der Waals surface area contributed by atoms with Gasteiger partial charge in [0.25, 0.3) is 0 Å². The van der Waals surface area contributed by atoms with Gasteiger partial charge in [-0.25, -0.2) is 14.3 Å². The Balaban J connectivity index is 1.95. The zero-order valence-corrected chi connectivity index (χ0v) is 13.8. The molecule has 0 amide bonds. The van der Waals surface area contributed by atoms with Crippen molar-refractivity contribution in [3.05, 3.63) is 57.1 Å². The number of hydrogen-bond acceptors (Lipinski definition) is 5. The molecule has 0 aliphatic rings. The average Bonchev–Trinajstić information content (AvgIpc) is 3.25. The molecule has 0 atom stereocenters. The number of benzene rings is 1. The van der Waals surface area contributed by atoms with Crippen molar-refractivity contribution < 1.29 is 0 Å². The minimum absolute atomic E-state index is 0.223. The average molecular weight is 339 g/mol. The summed E-state index contributed by atoms with van der Waals surface area (Å²) in [6.07, 6.45) is 0. The summed E-state index contributed by atoms with van der Waals surface area (Å²) in [7, 11) is 0. The summed E-state index contributed by atoms with van der Waals surface area (Å²) < 4.78 is 1.62. The number of pyridine rings is 1. The lowest BCUT2D eigenvalue weighted by Crippen LogP contribution is -2.22. The highest BCUT2D eigenvalue weighted by Gasteiger charge is 2.11. The second-order valence-electron chi connectivity index (χ2n) is 5.60. The predicted molar refractivity (Wildman–Crippen MR) is 97.4 cm³/mol. The molecule has 0 aliphatic carbocycles. The van der Waals surface area contributed by atoms with Gasteiger partial charge in [0.1, 0.15) is 0 Å². The van der Waals surface area contributed by atoms with Gasteiger partial charge in [0.2, 0.25) is 0 Å². The molecular formula is C17H17N5OS. The normalized spacial score (nSPS) is 11.5. The molecule has 7 heteroatoms. The molecule has 0 bridgehead atoms. The minimum atomic E-state index is -0.223. The summed E-state index contributed by atoms with van der Waals surface area (Å²) in [4.78, 5) is 12.2. The van der Waals surface area contributed by atoms with Crippen molar-refractivity contribution in [1.82, 2.24) is 19.9 Å². The van der Waals surface area contributed by atoms with E-state index in [0.29, 0.717) is 18.7 Å². The van der Waals surface area contributed by atoms with Crippen LogP contribution >= 0.6 is 11.3 Å². The van der Waals surface area contributed by atoms with Gasteiger partial charge in [0, 0.05) is 25.0 Å². The van der Waals surface area contributed by atoms with E-state index in [1.807, 2.05) is 17.5 Å². The minimum Gasteiger partial charge on any atom is -0.329 e. The molecule has 1 aromatic carbocycles. The van der Waals surface area contributed by atoms with Crippen LogP contribution in [0.15, 0.2) is 45.9 Å². The third-order valence-electron chi connectivity index (χ3n) is 4.08. The number of thiophene rings is 1. The zero-order valence-electron chi connectivity index (χ0n) is 13.0. The van der Waals surface area contributed by atoms with Gasteiger partial charge in [0.05, 0.1) is 5.52 Å². The maximum Gasteiger partial charge on any atom is 0.348 e. The van der Waals surface area contributed by atoms with Gasteiger partial charge >= 0.3 is 5.69 Å². The van der Waals surface area contributed by atoms with E-state index in [0.717, 1.165) is 34.1 Å². The van der Waals surface area contributed by atoms with Crippen LogP contribution in [0.2, 0.25) is 0 Å². The van der Waals surface area contributed by atoms with Crippen molar-refractivity contribution in [3.8, 4) is 11.1 Å². The molecule has 0 spiro atoms. The Hall–Kier alpha value is -2.48. The van der Waals surface area contributed by atoms with Gasteiger partial charge in [0.15, 0.2) is 5.65 Å². The molecule has 0 radical (unpaired) electrons. The van der Waals surface area contributed by atoms with Crippen LogP contribution in [-0.2, 0) is 6.54 Å². The van der Waals surface area contributed by atoms with E-state index in [1.54, 1.807) is 15.7 Å². The molecule has 0 unspecified atom stereocenters. The van der Waals surface area contributed by atoms with Gasteiger partial charge in [-0.15, -0.1) is 0 Å². The van der Waals surface area contributed by atoms with Gasteiger partial charge in [-0.1, -0.05) is 12.1 Å². The lowest BCUT2D eigenvalue weighted by Gasteiger charge is -2.10. The number of aromatic nitrogens is 3. The Morgan fingerprint density at radius 1 is 1.25 bits per heavy atom. The first-order valence-electron chi connectivity index (χ1n) is 7.74. The van der Waals surface area contributed by atoms with Crippen LogP contribution in [0.25, 0.3) is 27.7 Å². The highest BCUT2D eigenvalue weighted by atomic mass is 32.1. The van der Waals surface area contributed by atoms with Crippen LogP contribution in [0, 0.1) is 0 Å². The van der Waals surface area contributed by atoms with E-state index in [9.17, 15) is 4.79 Å². The number of H-pyrrole nitrogens is 1. The lowest BCUT2D eigenvalue weighted by atomic mass is 10.0. The molecule has 0 aliphatic heterocycles. The third-order valence-corrected chi connectivity index (χ3v) is 4.76. The van der Waals surface area contributed by atoms with Crippen LogP contribution in [0.3, 0.4) is 0 Å². The first-order chi connectivity index (χ1) is 11.8. The van der Waals surface area contributed by atoms with Crippen molar-refractivity contribution >= 4 is 27.9 Å². The smallest absolute Gasteiger partial charge is 0.329 e. The molecule has 6 nitrogen and oxygen atoms in total. The van der Waals surface area contributed by atoms with Gasteiger partial charge in [-0.05, 0) is 45.6 Å². The van der Waals surface area contributed by atoms with E-state index in [2.05, 4.69) is 39.1 Å². The summed E-state index contributed by atoms with van der Waals surface area (Å²) in [6.45, 7) is 2.01. The fraction of sp³-hybridized carbons (Fsp3) is 0.176. The van der Waals surface area contributed by atoms with Crippen LogP contribution < -0.4 is 16.7 Å². The van der Waals surface area contributed by atoms with Crippen molar-refractivity contribution in [2.75, 3.05) is 13.1 Å². The zero-order chi connectivity index (χ0) is 16.5. The number of aromatic amines is 1. The second-order valence-corrected chi connectivity index (χ2v) is 6.38. The summed E-state index contributed by atoms with van der Waals surface area (Å²) in [5, 5.41) is 15.2. The van der Waals surface area contributed by atoms with Crippen LogP contribution in [0.5, 0.6) is 0 Å². The van der Waals surface area contributed by atoms with E-state index in [-0.39, 0.29) is 5.69 Å². The highest BCUT2D eigenvalue weighted by Crippen LogP contribution is 2.28. The molecule has 0 saturated carbocycles. The van der Waals surface area contributed by atoms with Gasteiger partial charge < -0.3 is 11.1 Å². The van der Waals surface area contributed by atoms with Crippen LogP contribution in [0.4, 0.5) is 0 Å². The van der Waals surface area contributed by atoms with Gasteiger partial charge in [-0.2, -0.15) is 16.4 Å². The summed E-state index contributed by atoms with van der Waals surface area (Å²) in [6, 6.07) is 10.2. The largest absolute Gasteiger partial charge is 0.348 e. The first kappa shape index (κ1) is 15.1. The molecule has 0 saturated heterocycles. The summed E-state index contributed by atoms with van der Waals surface area (Å²) >= 11 is 1.66. The first-order valence-corrected chi connectivity index (χ1v) is 8.68. The van der Waals surface area contributed by atoms with Crippen molar-refractivity contribution in [2.45, 2.75) is 6.54 Å². The quantitative estimate of drug-likeness (QED) is 0.485. The third kappa shape index (κ3) is 2.52. The van der Waals surface area contributed by atoms with Gasteiger partial charge in [-0.3, -0.25) is 0 Å². The SMILES string of the molecule is NCCNCc1cc2n[nH]c(=O)n2c2cc(-c3ccsc3)ccc12. The Kier molecular flexibility index (Phi) is 3.89. The van der Waals surface area contributed by atoms with Crippen LogP contribution in [0.1, 0.15) is 5.56 Å². The molecule has 4 N–H and O–H groups in total. The standard InChI is InChI=1S/C17H17N5OS/c18-4-5-19-9-13-8-16-20-21-17(23)22(16)15-7-11(1-2-14(13)15)12-3-6-24-10-12/h1-3,6-8,10,19H,4-5,9,18H2,(H,21,23). The molecule has 4 aromatic rings. The molecule has 3 heterocycles. The molecule has 122 valence electrons. The number of nitrogens with zero attached hydrogens (tertiary/aromatic N) is 2. The number of nitrogens with one attached hydrogen (secondary N) is 2. The monoisotopic (exact) mass is 339 g/mol. The van der Waals surface area contributed by atoms with E-state index in [4.69, 9.17) is 5.73 Å². The van der Waals surface area contributed by atoms with Crippen molar-refractivity contribution in [2.24, 2.45) is 5.73 Å². The summed E-state index contributed by atoms with van der Waals surface area (Å²) in [5.74, 6) is 0. The molecule has 24 heavy (non-hydrogen) atoms. The van der Waals surface area contributed by atoms with E-state index >= 15 is 0 Å². The van der Waals surface area contributed by atoms with Crippen LogP contribution in [-0.4, -0.2) is 27.7 Å².